The predicted octanol–water partition coefficient (Wildman–Crippen LogP) is -3.15. The molecule has 0 aromatic carbocycles. The molecule has 0 atom stereocenters. The van der Waals surface area contributed by atoms with Crippen molar-refractivity contribution in [3.8, 4) is 0 Å². The van der Waals surface area contributed by atoms with Gasteiger partial charge in [-0.05, 0) is 0 Å². The zero-order valence-electron chi connectivity index (χ0n) is 3.13. The molecule has 0 bridgehead atoms. The van der Waals surface area contributed by atoms with E-state index < -0.39 is 14.5 Å². The first-order chi connectivity index (χ1) is 1.73. The van der Waals surface area contributed by atoms with Gasteiger partial charge in [-0.2, -0.15) is 0 Å². The Morgan fingerprint density at radius 3 is 1.60 bits per heavy atom. The number of hydrogen-bond donors (Lipinski definition) is 0. The molecule has 0 amide bonds. The van der Waals surface area contributed by atoms with Gasteiger partial charge in [0.15, 0.2) is 0 Å². The molecule has 0 radical (unpaired) electrons. The monoisotopic (exact) mass is 203 g/mol. The van der Waals surface area contributed by atoms with Crippen molar-refractivity contribution in [3.05, 3.63) is 0 Å². The van der Waals surface area contributed by atoms with E-state index in [1.165, 1.54) is 0 Å². The zero-order valence-corrected chi connectivity index (χ0v) is 5.94. The first-order valence-corrected chi connectivity index (χ1v) is 2.60. The van der Waals surface area contributed by atoms with Crippen molar-refractivity contribution in [1.29, 1.82) is 0 Å². The number of rotatable bonds is 0. The third kappa shape index (κ3) is 60.5. The van der Waals surface area contributed by atoms with E-state index in [4.69, 9.17) is 12.2 Å². The van der Waals surface area contributed by atoms with Gasteiger partial charge in [-0.15, -0.1) is 0 Å². The van der Waals surface area contributed by atoms with Crippen LogP contribution in [0.4, 0.5) is 0 Å². The summed E-state index contributed by atoms with van der Waals surface area (Å²) in [4.78, 5) is 0. The van der Waals surface area contributed by atoms with Crippen LogP contribution in [-0.2, 0) is 3.83 Å². The van der Waals surface area contributed by atoms with Gasteiger partial charge in [-0.1, -0.05) is 0 Å². The Morgan fingerprint density at radius 2 is 1.60 bits per heavy atom. The van der Waals surface area contributed by atoms with Crippen molar-refractivity contribution in [1.82, 2.24) is 0 Å². The second-order valence-corrected chi connectivity index (χ2v) is 1.06. The van der Waals surface area contributed by atoms with E-state index in [2.05, 4.69) is 0 Å². The van der Waals surface area contributed by atoms with E-state index in [0.29, 0.717) is 0 Å². The fourth-order valence-corrected chi connectivity index (χ4v) is 0. The van der Waals surface area contributed by atoms with Crippen molar-refractivity contribution in [2.75, 3.05) is 0 Å². The first-order valence-electron chi connectivity index (χ1n) is 0.500. The topological polar surface area (TPSA) is 63.2 Å². The molecule has 0 aromatic rings. The normalized spacial score (nSPS) is 7.00. The molecule has 5 heteroatoms. The van der Waals surface area contributed by atoms with E-state index in [9.17, 15) is 0 Å². The molecule has 0 unspecified atom stereocenters. The minimum Gasteiger partial charge on any atom is 1.00 e. The Balaban J connectivity index is -0.0000000450. The average molecular weight is 201 g/mol. The van der Waals surface area contributed by atoms with Crippen molar-refractivity contribution in [2.45, 2.75) is 0 Å². The Hall–Kier alpha value is 0.782. The van der Waals surface area contributed by atoms with Crippen molar-refractivity contribution in [3.63, 3.8) is 0 Å². The second kappa shape index (κ2) is 4.78. The minimum atomic E-state index is -3.79. The molecule has 0 saturated heterocycles. The summed E-state index contributed by atoms with van der Waals surface area (Å²) in [6, 6.07) is 0. The molecule has 0 aromatic heterocycles. The standard InChI is InChI=1S/Ge.H2O3Se/c;1-4(2)3/h;(H2,1,2,3)/q+4;/p-1. The summed E-state index contributed by atoms with van der Waals surface area (Å²) in [7, 11) is 0. The Kier molecular flexibility index (Phi) is 8.84. The van der Waals surface area contributed by atoms with Crippen molar-refractivity contribution < 1.29 is 13.6 Å². The van der Waals surface area contributed by atoms with Gasteiger partial charge in [0, 0.05) is 0 Å². The van der Waals surface area contributed by atoms with Crippen LogP contribution in [0.3, 0.4) is 0 Å². The van der Waals surface area contributed by atoms with Crippen LogP contribution < -0.4 is 8.38 Å². The summed E-state index contributed by atoms with van der Waals surface area (Å²) >= 11 is -3.79. The molecule has 26 valence electrons. The third-order valence-electron chi connectivity index (χ3n) is 0. The van der Waals surface area contributed by atoms with Crippen LogP contribution in [0.2, 0.25) is 0 Å². The van der Waals surface area contributed by atoms with Gasteiger partial charge in [-0.25, -0.2) is 0 Å². The van der Waals surface area contributed by atoms with E-state index in [-0.39, 0.29) is 19.0 Å². The van der Waals surface area contributed by atoms with Crippen LogP contribution in [-0.4, -0.2) is 32.1 Å². The third-order valence-corrected chi connectivity index (χ3v) is 0. The maximum atomic E-state index is 8.54. The Labute approximate surface area is 46.2 Å². The molecule has 0 spiro atoms. The van der Waals surface area contributed by atoms with E-state index in [1.807, 2.05) is 0 Å². The van der Waals surface area contributed by atoms with Gasteiger partial charge in [0.05, 0.1) is 0 Å². The van der Waals surface area contributed by atoms with Crippen LogP contribution in [0, 0.1) is 0 Å². The summed E-state index contributed by atoms with van der Waals surface area (Å²) in [6.45, 7) is 0. The van der Waals surface area contributed by atoms with E-state index >= 15 is 0 Å². The van der Waals surface area contributed by atoms with Gasteiger partial charge >= 0.3 is 45.7 Å². The molecule has 0 N–H and O–H groups in total. The summed E-state index contributed by atoms with van der Waals surface area (Å²) in [6.07, 6.45) is 0. The Bertz CT molecular complexity index is 33.8. The SMILES string of the molecule is O=[Se]([O-])[O-].[Ge+4].[H+]. The van der Waals surface area contributed by atoms with Crippen LogP contribution >= 0.6 is 0 Å². The Morgan fingerprint density at radius 1 is 1.60 bits per heavy atom. The molecule has 3 nitrogen and oxygen atoms in total. The van der Waals surface area contributed by atoms with Crippen LogP contribution in [0.5, 0.6) is 0 Å². The van der Waals surface area contributed by atoms with Gasteiger partial charge in [0.2, 0.25) is 0 Å². The maximum absolute atomic E-state index is 8.54. The van der Waals surface area contributed by atoms with Crippen LogP contribution in [0.1, 0.15) is 1.43 Å². The fraction of sp³-hybridized carbons (Fsp3) is 0. The molecule has 0 aliphatic heterocycles. The zero-order chi connectivity index (χ0) is 3.58. The molecular formula is HGeO3Se+3. The second-order valence-electron chi connectivity index (χ2n) is 0.204. The van der Waals surface area contributed by atoms with E-state index in [1.54, 1.807) is 0 Å². The average Bonchev–Trinajstić information content (AvgIpc) is 0.811. The smallest absolute Gasteiger partial charge is 1.00 e. The fourth-order valence-electron chi connectivity index (χ4n) is 0. The van der Waals surface area contributed by atoms with Crippen molar-refractivity contribution >= 4 is 32.1 Å². The van der Waals surface area contributed by atoms with Crippen LogP contribution in [0.15, 0.2) is 0 Å². The first kappa shape index (κ1) is 9.24. The summed E-state index contributed by atoms with van der Waals surface area (Å²) in [5, 5.41) is 0. The molecule has 0 rings (SSSR count). The largest absolute Gasteiger partial charge is 4.00 e. The number of hydrogen-bond acceptors (Lipinski definition) is 3. The van der Waals surface area contributed by atoms with Crippen LogP contribution in [0.25, 0.3) is 0 Å². The molecule has 5 heavy (non-hydrogen) atoms. The predicted molar refractivity (Wildman–Crippen MR) is 13.3 cm³/mol. The maximum Gasteiger partial charge on any atom is 4.00 e. The molecule has 0 saturated carbocycles. The van der Waals surface area contributed by atoms with Gasteiger partial charge in [0.1, 0.15) is 0 Å². The quantitative estimate of drug-likeness (QED) is 0.388. The van der Waals surface area contributed by atoms with Gasteiger partial charge in [0.25, 0.3) is 0 Å². The van der Waals surface area contributed by atoms with E-state index in [0.717, 1.165) is 0 Å². The van der Waals surface area contributed by atoms with Gasteiger partial charge in [-0.3, -0.25) is 0 Å². The summed E-state index contributed by atoms with van der Waals surface area (Å²) < 4.78 is 25.6. The molecule has 0 aliphatic carbocycles. The summed E-state index contributed by atoms with van der Waals surface area (Å²) in [5.41, 5.74) is 0. The molecule has 0 aliphatic rings. The molecule has 0 fully saturated rings. The van der Waals surface area contributed by atoms with Crippen molar-refractivity contribution in [2.24, 2.45) is 0 Å². The molecule has 0 heterocycles. The van der Waals surface area contributed by atoms with Gasteiger partial charge < -0.3 is 0 Å². The summed E-state index contributed by atoms with van der Waals surface area (Å²) in [5.74, 6) is 0. The molecular weight excluding hydrogens is 200 g/mol. The minimum absolute atomic E-state index is 0.